The second kappa shape index (κ2) is 12.9. The van der Waals surface area contributed by atoms with Gasteiger partial charge in [-0.2, -0.15) is 8.78 Å². The van der Waals surface area contributed by atoms with Crippen LogP contribution in [-0.2, 0) is 12.5 Å². The lowest BCUT2D eigenvalue weighted by Gasteiger charge is -2.19. The zero-order chi connectivity index (χ0) is 31.4. The molecule has 44 heavy (non-hydrogen) atoms. The van der Waals surface area contributed by atoms with Gasteiger partial charge in [-0.3, -0.25) is 0 Å². The molecule has 0 unspecified atom stereocenters. The van der Waals surface area contributed by atoms with Gasteiger partial charge < -0.3 is 4.74 Å². The van der Waals surface area contributed by atoms with Crippen molar-refractivity contribution in [1.29, 1.82) is 0 Å². The molecule has 0 radical (unpaired) electrons. The van der Waals surface area contributed by atoms with Gasteiger partial charge in [0.25, 0.3) is 0 Å². The summed E-state index contributed by atoms with van der Waals surface area (Å²) in [6.45, 7) is 2.13. The Bertz CT molecular complexity index is 1750. The van der Waals surface area contributed by atoms with Gasteiger partial charge in [-0.05, 0) is 53.8 Å². The van der Waals surface area contributed by atoms with E-state index in [1.807, 2.05) is 0 Å². The fourth-order valence-electron chi connectivity index (χ4n) is 4.66. The van der Waals surface area contributed by atoms with Gasteiger partial charge in [0.1, 0.15) is 17.4 Å². The first-order valence-electron chi connectivity index (χ1n) is 13.8. The van der Waals surface area contributed by atoms with E-state index >= 15 is 8.78 Å². The highest BCUT2D eigenvalue weighted by atomic mass is 19.3. The van der Waals surface area contributed by atoms with Crippen molar-refractivity contribution in [1.82, 2.24) is 9.97 Å². The number of ether oxygens (including phenoxy) is 1. The van der Waals surface area contributed by atoms with Crippen LogP contribution in [0.3, 0.4) is 0 Å². The Morgan fingerprint density at radius 3 is 1.77 bits per heavy atom. The van der Waals surface area contributed by atoms with Crippen molar-refractivity contribution in [3.63, 3.8) is 0 Å². The van der Waals surface area contributed by atoms with Crippen LogP contribution < -0.4 is 4.74 Å². The van der Waals surface area contributed by atoms with Gasteiger partial charge in [-0.1, -0.05) is 56.2 Å². The van der Waals surface area contributed by atoms with Crippen molar-refractivity contribution in [2.45, 2.75) is 38.7 Å². The lowest BCUT2D eigenvalue weighted by atomic mass is 9.97. The number of benzene rings is 4. The Hall–Kier alpha value is -4.73. The third-order valence-corrected chi connectivity index (χ3v) is 7.02. The maximum Gasteiger partial charge on any atom is 0.426 e. The molecule has 0 fully saturated rings. The van der Waals surface area contributed by atoms with Crippen LogP contribution in [0.2, 0.25) is 0 Å². The fraction of sp³-hybridized carbons (Fsp3) is 0.176. The molecule has 3 nitrogen and oxygen atoms in total. The molecule has 5 aromatic rings. The minimum atomic E-state index is -4.04. The number of halogens is 7. The zero-order valence-corrected chi connectivity index (χ0v) is 23.4. The normalized spacial score (nSPS) is 11.5. The van der Waals surface area contributed by atoms with Gasteiger partial charge in [-0.25, -0.2) is 31.9 Å². The van der Waals surface area contributed by atoms with Crippen molar-refractivity contribution in [3.8, 4) is 39.4 Å². The van der Waals surface area contributed by atoms with E-state index in [1.54, 1.807) is 18.5 Å². The van der Waals surface area contributed by atoms with Gasteiger partial charge in [0.15, 0.2) is 23.3 Å². The smallest absolute Gasteiger partial charge is 0.426 e. The quantitative estimate of drug-likeness (QED) is 0.0897. The summed E-state index contributed by atoms with van der Waals surface area (Å²) < 4.78 is 104. The standard InChI is InChI=1S/C34H25F7N2O/c1-2-3-4-5-20-18-42-33(43-19-20)23-9-13-27(29(36)15-23)22-8-12-26(28(35)14-22)21-6-10-24(11-7-21)34(40,41)44-25-16-30(37)32(39)31(38)17-25/h6-19H,2-5H2,1H3. The van der Waals surface area contributed by atoms with Gasteiger partial charge in [0.2, 0.25) is 0 Å². The number of hydrogen-bond acceptors (Lipinski definition) is 3. The third-order valence-electron chi connectivity index (χ3n) is 7.02. The van der Waals surface area contributed by atoms with E-state index in [2.05, 4.69) is 21.6 Å². The number of alkyl halides is 2. The first-order chi connectivity index (χ1) is 21.1. The van der Waals surface area contributed by atoms with Crippen LogP contribution in [0.25, 0.3) is 33.6 Å². The molecule has 10 heteroatoms. The number of nitrogens with zero attached hydrogens (tertiary/aromatic N) is 2. The minimum absolute atomic E-state index is 0.0664. The number of aryl methyl sites for hydroxylation is 1. The highest BCUT2D eigenvalue weighted by Gasteiger charge is 2.35. The Morgan fingerprint density at radius 2 is 1.18 bits per heavy atom. The summed E-state index contributed by atoms with van der Waals surface area (Å²) in [5, 5.41) is 0. The zero-order valence-electron chi connectivity index (χ0n) is 23.4. The van der Waals surface area contributed by atoms with Crippen LogP contribution in [0, 0.1) is 29.1 Å². The summed E-state index contributed by atoms with van der Waals surface area (Å²) in [5.74, 6) is -7.05. The van der Waals surface area contributed by atoms with Crippen molar-refractivity contribution < 1.29 is 35.5 Å². The predicted molar refractivity (Wildman–Crippen MR) is 152 cm³/mol. The molecular weight excluding hydrogens is 585 g/mol. The molecule has 0 aliphatic heterocycles. The van der Waals surface area contributed by atoms with Crippen molar-refractivity contribution >= 4 is 0 Å². The van der Waals surface area contributed by atoms with Crippen LogP contribution in [-0.4, -0.2) is 9.97 Å². The van der Waals surface area contributed by atoms with E-state index in [0.717, 1.165) is 49.4 Å². The summed E-state index contributed by atoms with van der Waals surface area (Å²) in [6, 6.07) is 13.4. The van der Waals surface area contributed by atoms with Crippen molar-refractivity contribution in [3.05, 3.63) is 125 Å². The van der Waals surface area contributed by atoms with E-state index in [4.69, 9.17) is 0 Å². The molecule has 0 saturated carbocycles. The van der Waals surface area contributed by atoms with Gasteiger partial charge in [-0.15, -0.1) is 0 Å². The largest absolute Gasteiger partial charge is 0.429 e. The molecule has 1 aromatic heterocycles. The lowest BCUT2D eigenvalue weighted by molar-refractivity contribution is -0.185. The average Bonchev–Trinajstić information content (AvgIpc) is 3.00. The fourth-order valence-corrected chi connectivity index (χ4v) is 4.66. The maximum atomic E-state index is 15.2. The number of unbranched alkanes of at least 4 members (excludes halogenated alkanes) is 2. The Balaban J connectivity index is 1.31. The van der Waals surface area contributed by atoms with Crippen molar-refractivity contribution in [2.24, 2.45) is 0 Å². The topological polar surface area (TPSA) is 35.0 Å². The molecule has 4 aromatic carbocycles. The van der Waals surface area contributed by atoms with Crippen LogP contribution in [0.5, 0.6) is 5.75 Å². The Morgan fingerprint density at radius 1 is 0.636 bits per heavy atom. The van der Waals surface area contributed by atoms with Crippen LogP contribution in [0.1, 0.15) is 37.3 Å². The first-order valence-corrected chi connectivity index (χ1v) is 13.8. The highest BCUT2D eigenvalue weighted by Crippen LogP contribution is 2.35. The third kappa shape index (κ3) is 6.74. The van der Waals surface area contributed by atoms with E-state index in [1.165, 1.54) is 36.4 Å². The summed E-state index contributed by atoms with van der Waals surface area (Å²) in [5.41, 5.74) is 1.49. The molecule has 0 bridgehead atoms. The van der Waals surface area contributed by atoms with Crippen LogP contribution in [0.4, 0.5) is 30.7 Å². The molecule has 0 saturated heterocycles. The van der Waals surface area contributed by atoms with Gasteiger partial charge in [0.05, 0.1) is 5.56 Å². The van der Waals surface area contributed by atoms with Crippen LogP contribution >= 0.6 is 0 Å². The second-order valence-corrected chi connectivity index (χ2v) is 10.2. The van der Waals surface area contributed by atoms with Gasteiger partial charge in [0, 0.05) is 41.2 Å². The Kier molecular flexibility index (Phi) is 8.98. The van der Waals surface area contributed by atoms with E-state index < -0.39 is 46.5 Å². The molecule has 0 spiro atoms. The highest BCUT2D eigenvalue weighted by molar-refractivity contribution is 5.73. The monoisotopic (exact) mass is 610 g/mol. The van der Waals surface area contributed by atoms with E-state index in [-0.39, 0.29) is 22.3 Å². The summed E-state index contributed by atoms with van der Waals surface area (Å²) in [4.78, 5) is 8.69. The maximum absolute atomic E-state index is 15.2. The molecular formula is C34H25F7N2O. The molecule has 0 atom stereocenters. The summed E-state index contributed by atoms with van der Waals surface area (Å²) >= 11 is 0. The van der Waals surface area contributed by atoms with Crippen LogP contribution in [0.15, 0.2) is 85.2 Å². The summed E-state index contributed by atoms with van der Waals surface area (Å²) in [6.07, 6.45) is 3.56. The van der Waals surface area contributed by atoms with E-state index in [0.29, 0.717) is 23.5 Å². The molecule has 0 amide bonds. The first kappa shape index (κ1) is 30.7. The number of rotatable bonds is 10. The van der Waals surface area contributed by atoms with E-state index in [9.17, 15) is 22.0 Å². The molecule has 0 N–H and O–H groups in total. The second-order valence-electron chi connectivity index (χ2n) is 10.2. The SMILES string of the molecule is CCCCCc1cnc(-c2ccc(-c3ccc(-c4ccc(C(F)(F)Oc5cc(F)c(F)c(F)c5)cc4)c(F)c3)c(F)c2)nc1. The molecule has 226 valence electrons. The molecule has 1 heterocycles. The molecule has 0 aliphatic carbocycles. The van der Waals surface area contributed by atoms with Crippen molar-refractivity contribution in [2.75, 3.05) is 0 Å². The van der Waals surface area contributed by atoms with Gasteiger partial charge >= 0.3 is 6.11 Å². The molecule has 0 aliphatic rings. The lowest BCUT2D eigenvalue weighted by Crippen LogP contribution is -2.22. The average molecular weight is 611 g/mol. The predicted octanol–water partition coefficient (Wildman–Crippen LogP) is 10.0. The summed E-state index contributed by atoms with van der Waals surface area (Å²) in [7, 11) is 0. The number of hydrogen-bond donors (Lipinski definition) is 0. The Labute approximate surface area is 249 Å². The molecule has 5 rings (SSSR count). The number of aromatic nitrogens is 2. The minimum Gasteiger partial charge on any atom is -0.429 e.